The lowest BCUT2D eigenvalue weighted by Crippen LogP contribution is -1.94. The van der Waals surface area contributed by atoms with Crippen LogP contribution in [0.5, 0.6) is 0 Å². The van der Waals surface area contributed by atoms with Crippen LogP contribution >= 0.6 is 11.3 Å². The second-order valence-corrected chi connectivity index (χ2v) is 7.73. The van der Waals surface area contributed by atoms with E-state index in [1.54, 1.807) is 0 Å². The van der Waals surface area contributed by atoms with E-state index in [2.05, 4.69) is 4.98 Å². The van der Waals surface area contributed by atoms with Crippen LogP contribution in [-0.2, 0) is 0 Å². The van der Waals surface area contributed by atoms with Crippen LogP contribution in [0, 0.1) is 6.92 Å². The summed E-state index contributed by atoms with van der Waals surface area (Å²) in [5, 5.41) is -0.0494. The fourth-order valence-corrected chi connectivity index (χ4v) is 4.59. The molecule has 0 saturated heterocycles. The normalized spacial score (nSPS) is 18.7. The first-order chi connectivity index (χ1) is 20.6. The average Bonchev–Trinajstić information content (AvgIpc) is 3.68. The zero-order chi connectivity index (χ0) is 32.0. The van der Waals surface area contributed by atoms with Crippen molar-refractivity contribution in [1.29, 1.82) is 0 Å². The maximum Gasteiger partial charge on any atom is 0.220 e. The van der Waals surface area contributed by atoms with Gasteiger partial charge in [0.25, 0.3) is 0 Å². The maximum absolute atomic E-state index is 9.30. The largest absolute Gasteiger partial charge is 0.278 e. The molecule has 0 N–H and O–H groups in total. The lowest BCUT2D eigenvalue weighted by atomic mass is 10.1. The van der Waals surface area contributed by atoms with Gasteiger partial charge in [-0.25, -0.2) is 4.98 Å². The third-order valence-electron chi connectivity index (χ3n) is 4.93. The van der Waals surface area contributed by atoms with Crippen molar-refractivity contribution in [3.8, 4) is 5.69 Å². The number of imidazole rings is 2. The molecule has 0 aliphatic rings. The van der Waals surface area contributed by atoms with Crippen molar-refractivity contribution in [2.75, 3.05) is 0 Å². The highest BCUT2D eigenvalue weighted by Gasteiger charge is 2.17. The lowest BCUT2D eigenvalue weighted by Gasteiger charge is -2.05. The van der Waals surface area contributed by atoms with Gasteiger partial charge in [0.1, 0.15) is 0 Å². The number of nitrogens with zero attached hydrogens (tertiary/aromatic N) is 3. The number of benzene rings is 4. The first-order valence-corrected chi connectivity index (χ1v) is 9.76. The van der Waals surface area contributed by atoms with E-state index >= 15 is 0 Å². The summed E-state index contributed by atoms with van der Waals surface area (Å²) in [7, 11) is 0. The third-order valence-corrected chi connectivity index (χ3v) is 5.95. The topological polar surface area (TPSA) is 22.2 Å². The predicted octanol–water partition coefficient (Wildman–Crippen LogP) is 7.11. The van der Waals surface area contributed by atoms with E-state index in [0.717, 1.165) is 15.9 Å². The molecule has 0 radical (unpaired) electrons. The van der Waals surface area contributed by atoms with E-state index in [1.807, 2.05) is 0 Å². The minimum absolute atomic E-state index is 0.00684. The van der Waals surface area contributed by atoms with Gasteiger partial charge in [0.15, 0.2) is 0 Å². The molecule has 3 heterocycles. The first-order valence-electron chi connectivity index (χ1n) is 15.9. The molecule has 142 valence electrons. The molecule has 0 unspecified atom stereocenters. The third kappa shape index (κ3) is 2.06. The number of hydrogen-bond acceptors (Lipinski definition) is 2. The molecule has 30 heavy (non-hydrogen) atoms. The number of para-hydroxylation sites is 2. The summed E-state index contributed by atoms with van der Waals surface area (Å²) in [4.78, 5) is 4.49. The molecule has 0 aliphatic carbocycles. The van der Waals surface area contributed by atoms with Crippen molar-refractivity contribution < 1.29 is 19.2 Å². The summed E-state index contributed by atoms with van der Waals surface area (Å²) in [5.74, 6) is -0.184. The van der Waals surface area contributed by atoms with Crippen molar-refractivity contribution in [2.45, 2.75) is 6.92 Å². The molecule has 0 aliphatic heterocycles. The number of thiophene rings is 1. The minimum Gasteiger partial charge on any atom is -0.278 e. The molecule has 3 aromatic heterocycles. The van der Waals surface area contributed by atoms with Crippen molar-refractivity contribution in [1.82, 2.24) is 14.0 Å². The van der Waals surface area contributed by atoms with Gasteiger partial charge in [0.05, 0.1) is 41.3 Å². The lowest BCUT2D eigenvalue weighted by molar-refractivity contribution is 1.11. The molecule has 4 heteroatoms. The minimum atomic E-state index is -0.619. The Balaban J connectivity index is 1.82. The van der Waals surface area contributed by atoms with Gasteiger partial charge in [-0.2, -0.15) is 0 Å². The van der Waals surface area contributed by atoms with E-state index in [4.69, 9.17) is 17.8 Å². The van der Waals surface area contributed by atoms with Crippen LogP contribution in [0.3, 0.4) is 0 Å². The molecular weight excluding hydrogens is 386 g/mol. The summed E-state index contributed by atoms with van der Waals surface area (Å²) in [5.41, 5.74) is -0.670. The van der Waals surface area contributed by atoms with Crippen LogP contribution in [-0.4, -0.2) is 14.0 Å². The Morgan fingerprint density at radius 2 is 1.57 bits per heavy atom. The molecule has 0 saturated carbocycles. The fraction of sp³-hybridized carbons (Fsp3) is 0.0385. The fourth-order valence-electron chi connectivity index (χ4n) is 3.67. The van der Waals surface area contributed by atoms with Crippen LogP contribution < -0.4 is 0 Å². The Labute approximate surface area is 196 Å². The summed E-state index contributed by atoms with van der Waals surface area (Å²) in [6.45, 7) is 1.48. The van der Waals surface area contributed by atoms with Crippen molar-refractivity contribution in [2.24, 2.45) is 0 Å². The van der Waals surface area contributed by atoms with Gasteiger partial charge in [-0.15, -0.1) is 11.3 Å². The smallest absolute Gasteiger partial charge is 0.220 e. The summed E-state index contributed by atoms with van der Waals surface area (Å²) in [6.07, 6.45) is 0. The van der Waals surface area contributed by atoms with Gasteiger partial charge in [0, 0.05) is 25.9 Å². The van der Waals surface area contributed by atoms with E-state index in [1.165, 1.54) is 11.3 Å². The van der Waals surface area contributed by atoms with E-state index in [9.17, 15) is 1.37 Å². The molecular formula is C26H17N3S. The van der Waals surface area contributed by atoms with Crippen LogP contribution in [0.15, 0.2) is 84.6 Å². The highest BCUT2D eigenvalue weighted by atomic mass is 32.1. The Hall–Kier alpha value is -3.63. The van der Waals surface area contributed by atoms with Crippen LogP contribution in [0.4, 0.5) is 0 Å². The first kappa shape index (κ1) is 7.89. The van der Waals surface area contributed by atoms with E-state index in [0.29, 0.717) is 0 Å². The van der Waals surface area contributed by atoms with Crippen LogP contribution in [0.1, 0.15) is 24.8 Å². The van der Waals surface area contributed by atoms with Crippen molar-refractivity contribution in [3.05, 3.63) is 90.2 Å². The van der Waals surface area contributed by atoms with Gasteiger partial charge >= 0.3 is 0 Å². The van der Waals surface area contributed by atoms with Gasteiger partial charge in [-0.3, -0.25) is 8.97 Å². The molecule has 0 spiro atoms. The number of aromatic nitrogens is 3. The quantitative estimate of drug-likeness (QED) is 0.279. The predicted molar refractivity (Wildman–Crippen MR) is 127 cm³/mol. The van der Waals surface area contributed by atoms with Gasteiger partial charge in [-0.05, 0) is 60.8 Å². The van der Waals surface area contributed by atoms with Gasteiger partial charge in [0.2, 0.25) is 5.78 Å². The number of rotatable bonds is 1. The van der Waals surface area contributed by atoms with Crippen molar-refractivity contribution >= 4 is 59.4 Å². The Bertz CT molecular complexity index is 2510. The zero-order valence-corrected chi connectivity index (χ0v) is 16.1. The van der Waals surface area contributed by atoms with Gasteiger partial charge < -0.3 is 0 Å². The van der Waals surface area contributed by atoms with E-state index < -0.39 is 60.4 Å². The van der Waals surface area contributed by atoms with Crippen molar-refractivity contribution in [3.63, 3.8) is 0 Å². The highest BCUT2D eigenvalue weighted by molar-refractivity contribution is 7.25. The Kier molecular flexibility index (Phi) is 1.50. The molecule has 4 aromatic carbocycles. The zero-order valence-electron chi connectivity index (χ0n) is 29.2. The SMILES string of the molecule is [2H]c1c(C)c([2H])c2c(nc3n(-c4c([2H])c([2H])c5sc6c([2H])c([2H])c([2H])c([2H])c6c5c4[2H])c4c([2H])c([2H])c([2H])c([2H])c4n23)c1[2H]. The van der Waals surface area contributed by atoms with Crippen LogP contribution in [0.25, 0.3) is 53.7 Å². The summed E-state index contributed by atoms with van der Waals surface area (Å²) < 4.78 is 123. The number of fused-ring (bicyclic) bond motifs is 8. The summed E-state index contributed by atoms with van der Waals surface area (Å²) >= 11 is 0.854. The molecule has 0 fully saturated rings. The summed E-state index contributed by atoms with van der Waals surface area (Å²) in [6, 6.07) is -6.25. The molecule has 7 rings (SSSR count). The molecule has 0 atom stereocenters. The molecule has 3 nitrogen and oxygen atoms in total. The monoisotopic (exact) mass is 417 g/mol. The van der Waals surface area contributed by atoms with Gasteiger partial charge in [-0.1, -0.05) is 36.3 Å². The molecule has 0 bridgehead atoms. The van der Waals surface area contributed by atoms with Crippen LogP contribution in [0.2, 0.25) is 0 Å². The highest BCUT2D eigenvalue weighted by Crippen LogP contribution is 2.36. The molecule has 7 aromatic rings. The average molecular weight is 418 g/mol. The standard InChI is InChI=1S/C26H17N3S/c1-16-10-12-20-23(14-16)29-22-8-4-3-7-21(22)28(26(29)27-20)17-11-13-25-19(15-17)18-6-2-5-9-24(18)30-25/h2-15H,1H3/i2D,3D,4D,5D,6D,7D,8D,9D,10D,11D,12D,13D,14D,15D. The number of hydrogen-bond donors (Lipinski definition) is 0. The maximum atomic E-state index is 9.30. The second kappa shape index (κ2) is 5.71. The Morgan fingerprint density at radius 3 is 2.50 bits per heavy atom. The Morgan fingerprint density at radius 1 is 0.767 bits per heavy atom. The second-order valence-electron chi connectivity index (χ2n) is 6.71. The van der Waals surface area contributed by atoms with E-state index in [-0.39, 0.29) is 83.4 Å². The molecule has 0 amide bonds.